The van der Waals surface area contributed by atoms with Gasteiger partial charge in [-0.2, -0.15) is 0 Å². The fraction of sp³-hybridized carbons (Fsp3) is 0.500. The summed E-state index contributed by atoms with van der Waals surface area (Å²) >= 11 is 6.17. The third-order valence-electron chi connectivity index (χ3n) is 5.44. The first-order valence-electron chi connectivity index (χ1n) is 10.2. The van der Waals surface area contributed by atoms with Crippen molar-refractivity contribution in [1.29, 1.82) is 0 Å². The Morgan fingerprint density at radius 3 is 2.50 bits per heavy atom. The van der Waals surface area contributed by atoms with Crippen molar-refractivity contribution in [3.63, 3.8) is 0 Å². The Hall–Kier alpha value is -2.18. The average Bonchev–Trinajstić information content (AvgIpc) is 3.30. The lowest BCUT2D eigenvalue weighted by molar-refractivity contribution is -0.0443. The lowest BCUT2D eigenvalue weighted by Gasteiger charge is -2.26. The normalized spacial score (nSPS) is 17.7. The maximum Gasteiger partial charge on any atom is 0.268 e. The summed E-state index contributed by atoms with van der Waals surface area (Å²) in [7, 11) is -3.02. The zero-order valence-electron chi connectivity index (χ0n) is 18.0. The molecule has 2 aromatic rings. The fourth-order valence-electron chi connectivity index (χ4n) is 3.72. The molecule has 176 valence electrons. The van der Waals surface area contributed by atoms with E-state index in [1.165, 1.54) is 13.2 Å². The van der Waals surface area contributed by atoms with Crippen LogP contribution < -0.4 is 21.5 Å². The molecule has 2 atom stereocenters. The van der Waals surface area contributed by atoms with Crippen molar-refractivity contribution in [2.24, 2.45) is 0 Å². The van der Waals surface area contributed by atoms with Gasteiger partial charge in [-0.25, -0.2) is 8.42 Å². The van der Waals surface area contributed by atoms with E-state index in [1.807, 2.05) is 6.92 Å². The van der Waals surface area contributed by atoms with E-state index in [2.05, 4.69) is 10.6 Å². The standard InChI is InChI=1S/C20H26ClN3O7S/c1-4-12(13-7-6-10-31-13)22-16-17(20(27)19(16)26)23-15-11(21)8-9-14(18(15)25)32(28,29)24(5-2)30-3/h8-9,12-13,22-23,25H,4-7,10H2,1-3H3/t12-,13?/m1/s1. The highest BCUT2D eigenvalue weighted by atomic mass is 35.5. The van der Waals surface area contributed by atoms with Crippen LogP contribution in [-0.2, 0) is 19.6 Å². The number of nitrogens with one attached hydrogen (secondary N) is 2. The minimum absolute atomic E-state index is 0.00247. The molecule has 0 amide bonds. The van der Waals surface area contributed by atoms with Gasteiger partial charge in [0, 0.05) is 13.2 Å². The smallest absolute Gasteiger partial charge is 0.268 e. The van der Waals surface area contributed by atoms with E-state index in [4.69, 9.17) is 21.2 Å². The van der Waals surface area contributed by atoms with Crippen LogP contribution in [0.2, 0.25) is 5.02 Å². The summed E-state index contributed by atoms with van der Waals surface area (Å²) in [5, 5.41) is 16.4. The van der Waals surface area contributed by atoms with Gasteiger partial charge in [-0.1, -0.05) is 23.0 Å². The zero-order valence-corrected chi connectivity index (χ0v) is 19.5. The van der Waals surface area contributed by atoms with E-state index in [1.54, 1.807) is 6.92 Å². The van der Waals surface area contributed by atoms with Crippen LogP contribution in [0.25, 0.3) is 0 Å². The Labute approximate surface area is 190 Å². The molecule has 0 aromatic heterocycles. The van der Waals surface area contributed by atoms with Crippen molar-refractivity contribution in [2.45, 2.75) is 50.2 Å². The first-order valence-corrected chi connectivity index (χ1v) is 12.1. The van der Waals surface area contributed by atoms with Gasteiger partial charge in [0.25, 0.3) is 20.9 Å². The third kappa shape index (κ3) is 4.35. The number of ether oxygens (including phenoxy) is 1. The summed E-state index contributed by atoms with van der Waals surface area (Å²) in [6.07, 6.45) is 2.33. The topological polar surface area (TPSA) is 134 Å². The van der Waals surface area contributed by atoms with Crippen molar-refractivity contribution in [2.75, 3.05) is 30.9 Å². The predicted molar refractivity (Wildman–Crippen MR) is 121 cm³/mol. The number of aromatic hydroxyl groups is 1. The highest BCUT2D eigenvalue weighted by molar-refractivity contribution is 7.89. The van der Waals surface area contributed by atoms with Crippen LogP contribution >= 0.6 is 11.6 Å². The van der Waals surface area contributed by atoms with Gasteiger partial charge in [-0.3, -0.25) is 14.4 Å². The Kier molecular flexibility index (Phi) is 7.46. The first-order chi connectivity index (χ1) is 15.2. The summed E-state index contributed by atoms with van der Waals surface area (Å²) in [5.74, 6) is -0.696. The minimum atomic E-state index is -4.21. The predicted octanol–water partition coefficient (Wildman–Crippen LogP) is 2.33. The van der Waals surface area contributed by atoms with Crippen molar-refractivity contribution in [3.05, 3.63) is 37.6 Å². The molecule has 3 rings (SSSR count). The quantitative estimate of drug-likeness (QED) is 0.262. The second-order valence-corrected chi connectivity index (χ2v) is 9.52. The number of anilines is 3. The summed E-state index contributed by atoms with van der Waals surface area (Å²) < 4.78 is 31.9. The molecule has 1 fully saturated rings. The summed E-state index contributed by atoms with van der Waals surface area (Å²) in [5.41, 5.74) is -1.77. The van der Waals surface area contributed by atoms with Gasteiger partial charge >= 0.3 is 0 Å². The second kappa shape index (κ2) is 9.75. The maximum absolute atomic E-state index is 12.8. The molecular weight excluding hydrogens is 462 g/mol. The Bertz CT molecular complexity index is 1150. The Morgan fingerprint density at radius 2 is 1.94 bits per heavy atom. The number of rotatable bonds is 10. The second-order valence-electron chi connectivity index (χ2n) is 7.32. The number of hydroxylamine groups is 1. The number of benzene rings is 1. The van der Waals surface area contributed by atoms with E-state index < -0.39 is 31.5 Å². The molecule has 1 unspecified atom stereocenters. The van der Waals surface area contributed by atoms with Crippen molar-refractivity contribution in [3.8, 4) is 5.75 Å². The molecular formula is C20H26ClN3O7S. The molecule has 32 heavy (non-hydrogen) atoms. The van der Waals surface area contributed by atoms with Crippen LogP contribution in [0.1, 0.15) is 33.1 Å². The molecule has 0 aliphatic carbocycles. The van der Waals surface area contributed by atoms with Gasteiger partial charge in [0.1, 0.15) is 22.0 Å². The highest BCUT2D eigenvalue weighted by Crippen LogP contribution is 2.40. The molecule has 0 radical (unpaired) electrons. The average molecular weight is 488 g/mol. The summed E-state index contributed by atoms with van der Waals surface area (Å²) in [4.78, 5) is 28.9. The Morgan fingerprint density at radius 1 is 1.25 bits per heavy atom. The number of hydrogen-bond acceptors (Lipinski definition) is 9. The number of halogens is 1. The molecule has 1 heterocycles. The van der Waals surface area contributed by atoms with E-state index >= 15 is 0 Å². The number of sulfonamides is 1. The number of phenols is 1. The molecule has 0 saturated carbocycles. The fourth-order valence-corrected chi connectivity index (χ4v) is 5.26. The highest BCUT2D eigenvalue weighted by Gasteiger charge is 2.32. The van der Waals surface area contributed by atoms with Gasteiger partial charge in [0.2, 0.25) is 0 Å². The Balaban J connectivity index is 1.96. The van der Waals surface area contributed by atoms with Crippen LogP contribution in [0.3, 0.4) is 0 Å². The van der Waals surface area contributed by atoms with Gasteiger partial charge in [-0.15, -0.1) is 0 Å². The van der Waals surface area contributed by atoms with Crippen molar-refractivity contribution < 1.29 is 23.1 Å². The largest absolute Gasteiger partial charge is 0.504 e. The molecule has 12 heteroatoms. The van der Waals surface area contributed by atoms with Crippen molar-refractivity contribution >= 4 is 38.7 Å². The molecule has 1 saturated heterocycles. The van der Waals surface area contributed by atoms with Gasteiger partial charge in [0.05, 0.1) is 24.3 Å². The molecule has 1 aliphatic rings. The monoisotopic (exact) mass is 487 g/mol. The van der Waals surface area contributed by atoms with Crippen molar-refractivity contribution in [1.82, 2.24) is 4.47 Å². The molecule has 0 spiro atoms. The van der Waals surface area contributed by atoms with Gasteiger partial charge in [-0.05, 0) is 38.3 Å². The zero-order chi connectivity index (χ0) is 23.6. The number of hydrogen-bond donors (Lipinski definition) is 3. The van der Waals surface area contributed by atoms with E-state index in [-0.39, 0.29) is 40.8 Å². The molecule has 2 aromatic carbocycles. The van der Waals surface area contributed by atoms with E-state index in [0.29, 0.717) is 17.5 Å². The molecule has 0 bridgehead atoms. The van der Waals surface area contributed by atoms with Crippen LogP contribution in [0, 0.1) is 0 Å². The van der Waals surface area contributed by atoms with E-state index in [9.17, 15) is 23.1 Å². The maximum atomic E-state index is 12.8. The SMILES string of the molecule is CC[C@@H](Nc1c(Nc2c(Cl)ccc(S(=O)(=O)N(CC)OC)c2O)c(=O)c1=O)C1CCCO1. The lowest BCUT2D eigenvalue weighted by atomic mass is 10.0. The first kappa shape index (κ1) is 24.5. The third-order valence-corrected chi connectivity index (χ3v) is 7.59. The lowest BCUT2D eigenvalue weighted by Crippen LogP contribution is -2.42. The van der Waals surface area contributed by atoms with Gasteiger partial charge in [0.15, 0.2) is 5.75 Å². The van der Waals surface area contributed by atoms with Crippen LogP contribution in [0.4, 0.5) is 17.1 Å². The molecule has 3 N–H and O–H groups in total. The molecule has 1 aliphatic heterocycles. The minimum Gasteiger partial charge on any atom is -0.504 e. The van der Waals surface area contributed by atoms with Crippen LogP contribution in [-0.4, -0.2) is 50.4 Å². The van der Waals surface area contributed by atoms with Gasteiger partial charge < -0.3 is 20.5 Å². The molecule has 10 nitrogen and oxygen atoms in total. The van der Waals surface area contributed by atoms with E-state index in [0.717, 1.165) is 18.9 Å². The number of phenolic OH excluding ortho intramolecular Hbond substituents is 1. The van der Waals surface area contributed by atoms with Crippen LogP contribution in [0.5, 0.6) is 5.75 Å². The number of nitrogens with zero attached hydrogens (tertiary/aromatic N) is 1. The summed E-state index contributed by atoms with van der Waals surface area (Å²) in [6.45, 7) is 4.13. The van der Waals surface area contributed by atoms with Crippen LogP contribution in [0.15, 0.2) is 26.6 Å². The summed E-state index contributed by atoms with van der Waals surface area (Å²) in [6, 6.07) is 2.21.